The minimum Gasteiger partial charge on any atom is -0.463 e. The molecule has 3 aromatic rings. The van der Waals surface area contributed by atoms with E-state index >= 15 is 0 Å². The van der Waals surface area contributed by atoms with Crippen molar-refractivity contribution in [3.05, 3.63) is 42.2 Å². The van der Waals surface area contributed by atoms with Crippen LogP contribution in [0.5, 0.6) is 6.01 Å². The van der Waals surface area contributed by atoms with Gasteiger partial charge in [-0.2, -0.15) is 9.97 Å². The molecule has 1 aliphatic heterocycles. The Balaban J connectivity index is 1.68. The van der Waals surface area contributed by atoms with Crippen molar-refractivity contribution in [1.82, 2.24) is 19.5 Å². The average molecular weight is 460 g/mol. The highest BCUT2D eigenvalue weighted by molar-refractivity contribution is 5.83. The molecule has 2 aromatic heterocycles. The van der Waals surface area contributed by atoms with Crippen LogP contribution in [0.25, 0.3) is 11.2 Å². The Morgan fingerprint density at radius 1 is 1.15 bits per heavy atom. The van der Waals surface area contributed by atoms with E-state index in [1.807, 2.05) is 37.3 Å². The van der Waals surface area contributed by atoms with Crippen LogP contribution in [0.15, 0.2) is 36.7 Å². The Morgan fingerprint density at radius 2 is 1.94 bits per heavy atom. The summed E-state index contributed by atoms with van der Waals surface area (Å²) in [6, 6.07) is 9.52. The number of fused-ring (bicyclic) bond motifs is 1. The van der Waals surface area contributed by atoms with E-state index in [1.165, 1.54) is 10.9 Å². The monoisotopic (exact) mass is 459 g/mol. The van der Waals surface area contributed by atoms with Crippen LogP contribution in [0.1, 0.15) is 25.1 Å². The Morgan fingerprint density at radius 3 is 2.61 bits per heavy atom. The fraction of sp³-hybridized carbons (Fsp3) is 0.500. The lowest BCUT2D eigenvalue weighted by Crippen LogP contribution is -2.33. The number of rotatable bonds is 10. The van der Waals surface area contributed by atoms with Crippen LogP contribution >= 0.6 is 0 Å². The molecule has 33 heavy (non-hydrogen) atoms. The van der Waals surface area contributed by atoms with Gasteiger partial charge in [0.15, 0.2) is 23.2 Å². The second-order valence-corrected chi connectivity index (χ2v) is 7.97. The van der Waals surface area contributed by atoms with Gasteiger partial charge in [-0.25, -0.2) is 4.98 Å². The van der Waals surface area contributed by atoms with Crippen molar-refractivity contribution < 1.29 is 29.9 Å². The molecule has 4 rings (SSSR count). The predicted molar refractivity (Wildman–Crippen MR) is 119 cm³/mol. The predicted octanol–water partition coefficient (Wildman–Crippen LogP) is 0.242. The van der Waals surface area contributed by atoms with Crippen molar-refractivity contribution in [2.75, 3.05) is 25.1 Å². The highest BCUT2D eigenvalue weighted by Gasteiger charge is 2.44. The highest BCUT2D eigenvalue weighted by Crippen LogP contribution is 2.33. The minimum atomic E-state index is -1.28. The Bertz CT molecular complexity index is 1050. The van der Waals surface area contributed by atoms with E-state index in [4.69, 9.17) is 9.47 Å². The zero-order valence-electron chi connectivity index (χ0n) is 18.3. The zero-order valence-corrected chi connectivity index (χ0v) is 18.3. The van der Waals surface area contributed by atoms with Gasteiger partial charge in [-0.3, -0.25) is 4.57 Å². The smallest absolute Gasteiger partial charge is 0.320 e. The number of ether oxygens (including phenoxy) is 2. The van der Waals surface area contributed by atoms with Crippen LogP contribution in [0, 0.1) is 0 Å². The standard InChI is InChI=1S/C22H29N5O6/c1-2-8-32-22-25-19(24-14(10-28)9-13-6-4-3-5-7-13)16-20(26-22)27(12-23-16)21-18(31)17(30)15(11-29)33-21/h3-7,12,14-15,17-18,21,28-31H,2,8-11H2,1H3,(H,24,25,26)/t14-,15+,17+,18+,21+/m0/s1. The number of anilines is 1. The van der Waals surface area contributed by atoms with Gasteiger partial charge in [-0.15, -0.1) is 0 Å². The molecule has 0 spiro atoms. The molecule has 0 unspecified atom stereocenters. The first-order chi connectivity index (χ1) is 16.0. The molecular formula is C22H29N5O6. The molecule has 11 heteroatoms. The molecule has 0 saturated carbocycles. The summed E-state index contributed by atoms with van der Waals surface area (Å²) in [5.74, 6) is 0.367. The van der Waals surface area contributed by atoms with Crippen molar-refractivity contribution >= 4 is 17.0 Å². The number of nitrogens with one attached hydrogen (secondary N) is 1. The Hall–Kier alpha value is -2.83. The molecule has 0 amide bonds. The summed E-state index contributed by atoms with van der Waals surface area (Å²) in [5, 5.41) is 43.2. The van der Waals surface area contributed by atoms with Crippen LogP contribution in [0.3, 0.4) is 0 Å². The summed E-state index contributed by atoms with van der Waals surface area (Å²) >= 11 is 0. The van der Waals surface area contributed by atoms with Crippen molar-refractivity contribution in [2.45, 2.75) is 50.3 Å². The lowest BCUT2D eigenvalue weighted by Gasteiger charge is -2.19. The number of hydrogen-bond acceptors (Lipinski definition) is 10. The Labute approximate surface area is 190 Å². The lowest BCUT2D eigenvalue weighted by atomic mass is 10.1. The van der Waals surface area contributed by atoms with Crippen molar-refractivity contribution in [1.29, 1.82) is 0 Å². The van der Waals surface area contributed by atoms with Gasteiger partial charge < -0.3 is 35.2 Å². The molecule has 1 fully saturated rings. The summed E-state index contributed by atoms with van der Waals surface area (Å²) in [6.45, 7) is 1.79. The lowest BCUT2D eigenvalue weighted by molar-refractivity contribution is -0.0511. The third-order valence-electron chi connectivity index (χ3n) is 5.51. The highest BCUT2D eigenvalue weighted by atomic mass is 16.6. The van der Waals surface area contributed by atoms with Crippen LogP contribution in [-0.2, 0) is 11.2 Å². The van der Waals surface area contributed by atoms with Gasteiger partial charge in [0.2, 0.25) is 0 Å². The quantitative estimate of drug-likeness (QED) is 0.285. The van der Waals surface area contributed by atoms with Gasteiger partial charge in [0.25, 0.3) is 0 Å². The summed E-state index contributed by atoms with van der Waals surface area (Å²) in [4.78, 5) is 13.3. The SMILES string of the molecule is CCCOc1nc(N[C@H](CO)Cc2ccccc2)c2ncn([C@@H]3O[C@H](CO)[C@@H](O)[C@H]3O)c2n1. The summed E-state index contributed by atoms with van der Waals surface area (Å²) in [5.41, 5.74) is 1.77. The number of aliphatic hydroxyl groups excluding tert-OH is 4. The van der Waals surface area contributed by atoms with E-state index in [2.05, 4.69) is 20.3 Å². The van der Waals surface area contributed by atoms with Crippen molar-refractivity contribution in [3.8, 4) is 6.01 Å². The fourth-order valence-electron chi connectivity index (χ4n) is 3.80. The molecule has 5 atom stereocenters. The van der Waals surface area contributed by atoms with E-state index in [0.717, 1.165) is 12.0 Å². The molecular weight excluding hydrogens is 430 g/mol. The summed E-state index contributed by atoms with van der Waals surface area (Å²) in [7, 11) is 0. The molecule has 0 aliphatic carbocycles. The van der Waals surface area contributed by atoms with Gasteiger partial charge in [0, 0.05) is 0 Å². The van der Waals surface area contributed by atoms with Gasteiger partial charge >= 0.3 is 6.01 Å². The maximum Gasteiger partial charge on any atom is 0.320 e. The van der Waals surface area contributed by atoms with Gasteiger partial charge in [0.1, 0.15) is 18.3 Å². The number of hydrogen-bond donors (Lipinski definition) is 5. The maximum absolute atomic E-state index is 10.5. The molecule has 178 valence electrons. The molecule has 5 N–H and O–H groups in total. The molecule has 0 radical (unpaired) electrons. The van der Waals surface area contributed by atoms with E-state index in [1.54, 1.807) is 0 Å². The maximum atomic E-state index is 10.5. The minimum absolute atomic E-state index is 0.108. The zero-order chi connectivity index (χ0) is 23.4. The van der Waals surface area contributed by atoms with Crippen LogP contribution < -0.4 is 10.1 Å². The van der Waals surface area contributed by atoms with E-state index < -0.39 is 31.1 Å². The van der Waals surface area contributed by atoms with E-state index in [0.29, 0.717) is 30.0 Å². The van der Waals surface area contributed by atoms with Crippen molar-refractivity contribution in [2.24, 2.45) is 0 Å². The van der Waals surface area contributed by atoms with Gasteiger partial charge in [-0.1, -0.05) is 37.3 Å². The fourth-order valence-corrected chi connectivity index (χ4v) is 3.80. The molecule has 11 nitrogen and oxygen atoms in total. The van der Waals surface area contributed by atoms with Crippen molar-refractivity contribution in [3.63, 3.8) is 0 Å². The average Bonchev–Trinajstić information content (AvgIpc) is 3.38. The van der Waals surface area contributed by atoms with E-state index in [9.17, 15) is 20.4 Å². The number of nitrogens with zero attached hydrogens (tertiary/aromatic N) is 4. The number of benzene rings is 1. The molecule has 3 heterocycles. The van der Waals surface area contributed by atoms with Crippen LogP contribution in [0.4, 0.5) is 5.82 Å². The van der Waals surface area contributed by atoms with Crippen LogP contribution in [0.2, 0.25) is 0 Å². The molecule has 1 saturated heterocycles. The molecule has 1 aliphatic rings. The number of aliphatic hydroxyl groups is 4. The number of aromatic nitrogens is 4. The summed E-state index contributed by atoms with van der Waals surface area (Å²) in [6.07, 6.45) is -1.72. The summed E-state index contributed by atoms with van der Waals surface area (Å²) < 4.78 is 12.8. The normalized spacial score (nSPS) is 23.7. The third kappa shape index (κ3) is 4.92. The van der Waals surface area contributed by atoms with Crippen LogP contribution in [-0.4, -0.2) is 84.1 Å². The largest absolute Gasteiger partial charge is 0.463 e. The Kier molecular flexibility index (Phi) is 7.36. The molecule has 1 aromatic carbocycles. The number of imidazole rings is 1. The topological polar surface area (TPSA) is 155 Å². The first-order valence-electron chi connectivity index (χ1n) is 11.0. The first-order valence-corrected chi connectivity index (χ1v) is 11.0. The third-order valence-corrected chi connectivity index (χ3v) is 5.51. The second-order valence-electron chi connectivity index (χ2n) is 7.97. The van der Waals surface area contributed by atoms with Gasteiger partial charge in [-0.05, 0) is 18.4 Å². The van der Waals surface area contributed by atoms with E-state index in [-0.39, 0.29) is 18.7 Å². The second kappa shape index (κ2) is 10.4. The molecule has 0 bridgehead atoms. The first kappa shape index (κ1) is 23.3. The van der Waals surface area contributed by atoms with Gasteiger partial charge in [0.05, 0.1) is 32.2 Å².